The SMILES string of the molecule is O=C(O)[C@H]1CCCC[C@H]1C(=O)NCC1CCCC1CO. The van der Waals surface area contributed by atoms with Gasteiger partial charge in [-0.1, -0.05) is 19.3 Å². The molecule has 3 N–H and O–H groups in total. The number of aliphatic carboxylic acids is 1. The van der Waals surface area contributed by atoms with Gasteiger partial charge in [0.15, 0.2) is 0 Å². The number of carboxylic acid groups (broad SMARTS) is 1. The molecule has 2 aliphatic carbocycles. The first-order valence-corrected chi connectivity index (χ1v) is 7.75. The predicted molar refractivity (Wildman–Crippen MR) is 74.0 cm³/mol. The monoisotopic (exact) mass is 283 g/mol. The van der Waals surface area contributed by atoms with E-state index in [1.165, 1.54) is 0 Å². The summed E-state index contributed by atoms with van der Waals surface area (Å²) in [6.45, 7) is 0.759. The molecule has 0 spiro atoms. The van der Waals surface area contributed by atoms with E-state index < -0.39 is 11.9 Å². The van der Waals surface area contributed by atoms with Crippen molar-refractivity contribution in [2.45, 2.75) is 44.9 Å². The van der Waals surface area contributed by atoms with E-state index in [0.29, 0.717) is 25.3 Å². The molecule has 0 bridgehead atoms. The van der Waals surface area contributed by atoms with Crippen molar-refractivity contribution in [3.8, 4) is 0 Å². The highest BCUT2D eigenvalue weighted by Gasteiger charge is 2.36. The summed E-state index contributed by atoms with van der Waals surface area (Å²) in [6.07, 6.45) is 6.29. The van der Waals surface area contributed by atoms with Gasteiger partial charge in [-0.15, -0.1) is 0 Å². The average molecular weight is 283 g/mol. The number of amides is 1. The van der Waals surface area contributed by atoms with Crippen molar-refractivity contribution in [2.75, 3.05) is 13.2 Å². The van der Waals surface area contributed by atoms with Crippen LogP contribution < -0.4 is 5.32 Å². The van der Waals surface area contributed by atoms with Gasteiger partial charge < -0.3 is 15.5 Å². The van der Waals surface area contributed by atoms with E-state index in [2.05, 4.69) is 5.32 Å². The summed E-state index contributed by atoms with van der Waals surface area (Å²) in [5.41, 5.74) is 0. The van der Waals surface area contributed by atoms with Crippen LogP contribution >= 0.6 is 0 Å². The van der Waals surface area contributed by atoms with Crippen molar-refractivity contribution in [2.24, 2.45) is 23.7 Å². The van der Waals surface area contributed by atoms with E-state index in [9.17, 15) is 19.8 Å². The molecule has 2 saturated carbocycles. The Morgan fingerprint density at radius 1 is 0.950 bits per heavy atom. The van der Waals surface area contributed by atoms with Crippen LogP contribution in [0.1, 0.15) is 44.9 Å². The molecule has 1 amide bonds. The van der Waals surface area contributed by atoms with Crippen LogP contribution in [0, 0.1) is 23.7 Å². The fourth-order valence-electron chi connectivity index (χ4n) is 3.73. The number of hydrogen-bond donors (Lipinski definition) is 3. The van der Waals surface area contributed by atoms with Gasteiger partial charge in [-0.25, -0.2) is 0 Å². The lowest BCUT2D eigenvalue weighted by atomic mass is 9.78. The molecule has 0 aromatic carbocycles. The van der Waals surface area contributed by atoms with Gasteiger partial charge in [0.05, 0.1) is 11.8 Å². The Morgan fingerprint density at radius 3 is 2.25 bits per heavy atom. The molecule has 0 aromatic heterocycles. The lowest BCUT2D eigenvalue weighted by Gasteiger charge is -2.28. The van der Waals surface area contributed by atoms with E-state index in [1.807, 2.05) is 0 Å². The summed E-state index contributed by atoms with van der Waals surface area (Å²) in [5.74, 6) is -1.23. The first kappa shape index (κ1) is 15.3. The molecule has 5 heteroatoms. The van der Waals surface area contributed by atoms with Crippen molar-refractivity contribution in [3.63, 3.8) is 0 Å². The second-order valence-electron chi connectivity index (χ2n) is 6.21. The van der Waals surface area contributed by atoms with Crippen molar-refractivity contribution < 1.29 is 19.8 Å². The van der Waals surface area contributed by atoms with Crippen LogP contribution in [0.25, 0.3) is 0 Å². The van der Waals surface area contributed by atoms with Crippen molar-refractivity contribution in [1.82, 2.24) is 5.32 Å². The minimum atomic E-state index is -0.848. The molecule has 2 fully saturated rings. The average Bonchev–Trinajstić information content (AvgIpc) is 2.92. The van der Waals surface area contributed by atoms with Crippen LogP contribution in [0.4, 0.5) is 0 Å². The Labute approximate surface area is 119 Å². The zero-order valence-electron chi connectivity index (χ0n) is 11.9. The molecule has 0 aliphatic heterocycles. The van der Waals surface area contributed by atoms with Crippen LogP contribution in [0.5, 0.6) is 0 Å². The number of carbonyl (C=O) groups is 2. The zero-order valence-corrected chi connectivity index (χ0v) is 11.9. The van der Waals surface area contributed by atoms with Crippen molar-refractivity contribution in [3.05, 3.63) is 0 Å². The fourth-order valence-corrected chi connectivity index (χ4v) is 3.73. The zero-order chi connectivity index (χ0) is 14.5. The summed E-state index contributed by atoms with van der Waals surface area (Å²) in [4.78, 5) is 23.4. The van der Waals surface area contributed by atoms with Crippen LogP contribution in [0.3, 0.4) is 0 Å². The molecule has 4 atom stereocenters. The number of aliphatic hydroxyl groups is 1. The van der Waals surface area contributed by atoms with E-state index in [4.69, 9.17) is 0 Å². The molecule has 20 heavy (non-hydrogen) atoms. The Morgan fingerprint density at radius 2 is 1.60 bits per heavy atom. The van der Waals surface area contributed by atoms with E-state index in [0.717, 1.165) is 32.1 Å². The predicted octanol–water partition coefficient (Wildman–Crippen LogP) is 1.40. The molecule has 0 heterocycles. The smallest absolute Gasteiger partial charge is 0.307 e. The van der Waals surface area contributed by atoms with Gasteiger partial charge in [-0.3, -0.25) is 9.59 Å². The Hall–Kier alpha value is -1.10. The Kier molecular flexibility index (Phi) is 5.40. The minimum Gasteiger partial charge on any atom is -0.481 e. The van der Waals surface area contributed by atoms with Crippen LogP contribution in [0.15, 0.2) is 0 Å². The first-order valence-electron chi connectivity index (χ1n) is 7.75. The van der Waals surface area contributed by atoms with Crippen molar-refractivity contribution in [1.29, 1.82) is 0 Å². The van der Waals surface area contributed by atoms with Gasteiger partial charge in [0.25, 0.3) is 0 Å². The largest absolute Gasteiger partial charge is 0.481 e. The van der Waals surface area contributed by atoms with Crippen molar-refractivity contribution >= 4 is 11.9 Å². The highest BCUT2D eigenvalue weighted by molar-refractivity contribution is 5.84. The highest BCUT2D eigenvalue weighted by atomic mass is 16.4. The molecular weight excluding hydrogens is 258 g/mol. The van der Waals surface area contributed by atoms with Crippen LogP contribution in [-0.4, -0.2) is 35.2 Å². The number of carbonyl (C=O) groups excluding carboxylic acids is 1. The molecule has 2 aliphatic rings. The summed E-state index contributed by atoms with van der Waals surface area (Å²) >= 11 is 0. The number of aliphatic hydroxyl groups excluding tert-OH is 1. The van der Waals surface area contributed by atoms with Gasteiger partial charge in [-0.05, 0) is 37.5 Å². The maximum absolute atomic E-state index is 12.2. The number of nitrogens with one attached hydrogen (secondary N) is 1. The molecule has 5 nitrogen and oxygen atoms in total. The molecule has 2 unspecified atom stereocenters. The van der Waals surface area contributed by atoms with E-state index >= 15 is 0 Å². The molecule has 114 valence electrons. The number of hydrogen-bond acceptors (Lipinski definition) is 3. The minimum absolute atomic E-state index is 0.110. The summed E-state index contributed by atoms with van der Waals surface area (Å²) in [5, 5.41) is 21.4. The van der Waals surface area contributed by atoms with E-state index in [1.54, 1.807) is 0 Å². The summed E-state index contributed by atoms with van der Waals surface area (Å²) < 4.78 is 0. The highest BCUT2D eigenvalue weighted by Crippen LogP contribution is 2.32. The third kappa shape index (κ3) is 3.51. The van der Waals surface area contributed by atoms with Gasteiger partial charge >= 0.3 is 5.97 Å². The first-order chi connectivity index (χ1) is 9.63. The number of carboxylic acids is 1. The lowest BCUT2D eigenvalue weighted by molar-refractivity contribution is -0.149. The van der Waals surface area contributed by atoms with Gasteiger partial charge in [0.1, 0.15) is 0 Å². The standard InChI is InChI=1S/C15H25NO4/c17-9-11-5-3-4-10(11)8-16-14(18)12-6-1-2-7-13(12)15(19)20/h10-13,17H,1-9H2,(H,16,18)(H,19,20)/t10?,11?,12-,13+/m1/s1. The quantitative estimate of drug-likeness (QED) is 0.712. The fraction of sp³-hybridized carbons (Fsp3) is 0.867. The maximum atomic E-state index is 12.2. The van der Waals surface area contributed by atoms with Gasteiger partial charge in [-0.2, -0.15) is 0 Å². The Bertz CT molecular complexity index is 358. The third-order valence-corrected chi connectivity index (χ3v) is 5.01. The molecule has 0 radical (unpaired) electrons. The summed E-state index contributed by atoms with van der Waals surface area (Å²) in [6, 6.07) is 0. The van der Waals surface area contributed by atoms with E-state index in [-0.39, 0.29) is 24.3 Å². The molecule has 2 rings (SSSR count). The second-order valence-corrected chi connectivity index (χ2v) is 6.21. The van der Waals surface area contributed by atoms with Crippen LogP contribution in [0.2, 0.25) is 0 Å². The second kappa shape index (κ2) is 7.07. The molecule has 0 saturated heterocycles. The van der Waals surface area contributed by atoms with Gasteiger partial charge in [0, 0.05) is 13.2 Å². The summed E-state index contributed by atoms with van der Waals surface area (Å²) in [7, 11) is 0. The lowest BCUT2D eigenvalue weighted by Crippen LogP contribution is -2.41. The normalized spacial score (nSPS) is 33.9. The molecule has 0 aromatic rings. The Balaban J connectivity index is 1.85. The third-order valence-electron chi connectivity index (χ3n) is 5.01. The number of rotatable bonds is 5. The topological polar surface area (TPSA) is 86.6 Å². The maximum Gasteiger partial charge on any atom is 0.307 e. The van der Waals surface area contributed by atoms with Crippen LogP contribution in [-0.2, 0) is 9.59 Å². The molecular formula is C15H25NO4. The van der Waals surface area contributed by atoms with Gasteiger partial charge in [0.2, 0.25) is 5.91 Å².